The second-order valence-corrected chi connectivity index (χ2v) is 5.37. The van der Waals surface area contributed by atoms with Gasteiger partial charge in [0.05, 0.1) is 12.8 Å². The molecule has 1 amide bonds. The Bertz CT molecular complexity index is 681. The van der Waals surface area contributed by atoms with Crippen LogP contribution >= 0.6 is 0 Å². The Labute approximate surface area is 134 Å². The minimum absolute atomic E-state index is 0.0513. The average molecular weight is 313 g/mol. The van der Waals surface area contributed by atoms with Crippen molar-refractivity contribution in [1.82, 2.24) is 20.1 Å². The lowest BCUT2D eigenvalue weighted by atomic mass is 10.2. The molecule has 0 radical (unpaired) electrons. The van der Waals surface area contributed by atoms with Crippen LogP contribution in [0.1, 0.15) is 16.1 Å². The molecule has 120 valence electrons. The summed E-state index contributed by atoms with van der Waals surface area (Å²) >= 11 is 0. The molecule has 0 bridgehead atoms. The van der Waals surface area contributed by atoms with E-state index < -0.39 is 0 Å². The van der Waals surface area contributed by atoms with E-state index in [1.807, 2.05) is 24.0 Å². The predicted octanol–water partition coefficient (Wildman–Crippen LogP) is 1.15. The van der Waals surface area contributed by atoms with Crippen LogP contribution in [0.25, 0.3) is 0 Å². The Morgan fingerprint density at radius 1 is 1.13 bits per heavy atom. The zero-order chi connectivity index (χ0) is 16.2. The molecule has 0 spiro atoms. The van der Waals surface area contributed by atoms with Crippen LogP contribution in [0.15, 0.2) is 30.5 Å². The summed E-state index contributed by atoms with van der Waals surface area (Å²) in [4.78, 5) is 20.7. The van der Waals surface area contributed by atoms with Crippen molar-refractivity contribution in [3.05, 3.63) is 41.7 Å². The molecule has 1 saturated heterocycles. The minimum Gasteiger partial charge on any atom is -0.480 e. The van der Waals surface area contributed by atoms with E-state index in [4.69, 9.17) is 4.74 Å². The lowest BCUT2D eigenvalue weighted by Gasteiger charge is -2.35. The van der Waals surface area contributed by atoms with Crippen molar-refractivity contribution < 1.29 is 9.53 Å². The number of ether oxygens (including phenoxy) is 1. The number of hydrogen-bond donors (Lipinski definition) is 0. The second kappa shape index (κ2) is 6.60. The van der Waals surface area contributed by atoms with Crippen LogP contribution in [0.4, 0.5) is 5.82 Å². The highest BCUT2D eigenvalue weighted by Gasteiger charge is 2.25. The van der Waals surface area contributed by atoms with Gasteiger partial charge in [0.1, 0.15) is 5.56 Å². The van der Waals surface area contributed by atoms with E-state index in [1.54, 1.807) is 18.3 Å². The van der Waals surface area contributed by atoms with Gasteiger partial charge in [-0.15, -0.1) is 5.10 Å². The van der Waals surface area contributed by atoms with Gasteiger partial charge in [0.25, 0.3) is 5.91 Å². The number of rotatable bonds is 3. The van der Waals surface area contributed by atoms with Gasteiger partial charge in [-0.25, -0.2) is 4.98 Å². The molecule has 7 heteroatoms. The van der Waals surface area contributed by atoms with Crippen molar-refractivity contribution in [2.75, 3.05) is 38.2 Å². The summed E-state index contributed by atoms with van der Waals surface area (Å²) in [5.74, 6) is 1.16. The number of aryl methyl sites for hydroxylation is 1. The van der Waals surface area contributed by atoms with Crippen molar-refractivity contribution in [1.29, 1.82) is 0 Å². The molecule has 0 atom stereocenters. The number of carbonyl (C=O) groups is 1. The lowest BCUT2D eigenvalue weighted by molar-refractivity contribution is 0.0742. The van der Waals surface area contributed by atoms with Crippen molar-refractivity contribution >= 4 is 11.7 Å². The molecule has 7 nitrogen and oxygen atoms in total. The summed E-state index contributed by atoms with van der Waals surface area (Å²) in [5.41, 5.74) is 1.39. The van der Waals surface area contributed by atoms with Crippen LogP contribution in [-0.2, 0) is 0 Å². The summed E-state index contributed by atoms with van der Waals surface area (Å²) in [7, 11) is 1.52. The molecule has 1 aliphatic rings. The zero-order valence-corrected chi connectivity index (χ0v) is 13.3. The number of pyridine rings is 1. The third kappa shape index (κ3) is 3.23. The predicted molar refractivity (Wildman–Crippen MR) is 85.7 cm³/mol. The van der Waals surface area contributed by atoms with Gasteiger partial charge in [-0.05, 0) is 31.2 Å². The largest absolute Gasteiger partial charge is 0.480 e. The maximum atomic E-state index is 12.6. The molecule has 2 aromatic rings. The van der Waals surface area contributed by atoms with Crippen LogP contribution < -0.4 is 9.64 Å². The van der Waals surface area contributed by atoms with E-state index in [0.29, 0.717) is 24.5 Å². The van der Waals surface area contributed by atoms with Crippen molar-refractivity contribution in [2.45, 2.75) is 6.92 Å². The average Bonchev–Trinajstić information content (AvgIpc) is 2.62. The SMILES string of the molecule is COc1ncccc1C(=O)N1CCN(c2ccc(C)nn2)CC1. The van der Waals surface area contributed by atoms with Gasteiger partial charge in [0, 0.05) is 32.4 Å². The number of nitrogens with zero attached hydrogens (tertiary/aromatic N) is 5. The first-order chi connectivity index (χ1) is 11.2. The van der Waals surface area contributed by atoms with E-state index in [0.717, 1.165) is 24.6 Å². The van der Waals surface area contributed by atoms with Gasteiger partial charge in [-0.3, -0.25) is 4.79 Å². The summed E-state index contributed by atoms with van der Waals surface area (Å²) < 4.78 is 5.17. The molecule has 2 aromatic heterocycles. The highest BCUT2D eigenvalue weighted by atomic mass is 16.5. The second-order valence-electron chi connectivity index (χ2n) is 5.37. The Morgan fingerprint density at radius 2 is 1.91 bits per heavy atom. The lowest BCUT2D eigenvalue weighted by Crippen LogP contribution is -2.49. The van der Waals surface area contributed by atoms with Crippen molar-refractivity contribution in [2.24, 2.45) is 0 Å². The summed E-state index contributed by atoms with van der Waals surface area (Å²) in [6.07, 6.45) is 1.61. The van der Waals surface area contributed by atoms with Crippen LogP contribution in [0, 0.1) is 6.92 Å². The monoisotopic (exact) mass is 313 g/mol. The van der Waals surface area contributed by atoms with Crippen LogP contribution in [0.5, 0.6) is 5.88 Å². The number of hydrogen-bond acceptors (Lipinski definition) is 6. The molecule has 1 aliphatic heterocycles. The van der Waals surface area contributed by atoms with Crippen LogP contribution in [-0.4, -0.2) is 59.3 Å². The van der Waals surface area contributed by atoms with E-state index in [2.05, 4.69) is 20.1 Å². The molecule has 0 aliphatic carbocycles. The normalized spacial score (nSPS) is 14.7. The first kappa shape index (κ1) is 15.2. The van der Waals surface area contributed by atoms with E-state index in [9.17, 15) is 4.79 Å². The highest BCUT2D eigenvalue weighted by Crippen LogP contribution is 2.19. The number of aromatic nitrogens is 3. The smallest absolute Gasteiger partial charge is 0.259 e. The molecule has 1 fully saturated rings. The molecule has 23 heavy (non-hydrogen) atoms. The third-order valence-corrected chi connectivity index (χ3v) is 3.87. The summed E-state index contributed by atoms with van der Waals surface area (Å²) in [5, 5.41) is 8.28. The summed E-state index contributed by atoms with van der Waals surface area (Å²) in [6, 6.07) is 7.39. The third-order valence-electron chi connectivity index (χ3n) is 3.87. The van der Waals surface area contributed by atoms with Crippen LogP contribution in [0.2, 0.25) is 0 Å². The Hall–Kier alpha value is -2.70. The van der Waals surface area contributed by atoms with Gasteiger partial charge < -0.3 is 14.5 Å². The van der Waals surface area contributed by atoms with Crippen molar-refractivity contribution in [3.63, 3.8) is 0 Å². The van der Waals surface area contributed by atoms with Crippen LogP contribution in [0.3, 0.4) is 0 Å². The quantitative estimate of drug-likeness (QED) is 0.846. The fourth-order valence-electron chi connectivity index (χ4n) is 2.59. The molecular weight excluding hydrogens is 294 g/mol. The number of methoxy groups -OCH3 is 1. The van der Waals surface area contributed by atoms with E-state index >= 15 is 0 Å². The Kier molecular flexibility index (Phi) is 4.36. The first-order valence-electron chi connectivity index (χ1n) is 7.52. The highest BCUT2D eigenvalue weighted by molar-refractivity contribution is 5.96. The van der Waals surface area contributed by atoms with Gasteiger partial charge in [-0.2, -0.15) is 5.10 Å². The molecular formula is C16H19N5O2. The van der Waals surface area contributed by atoms with Gasteiger partial charge in [-0.1, -0.05) is 0 Å². The number of anilines is 1. The molecule has 0 saturated carbocycles. The fourth-order valence-corrected chi connectivity index (χ4v) is 2.59. The van der Waals surface area contributed by atoms with Gasteiger partial charge in [0.15, 0.2) is 5.82 Å². The molecule has 3 rings (SSSR count). The van der Waals surface area contributed by atoms with E-state index in [1.165, 1.54) is 7.11 Å². The van der Waals surface area contributed by atoms with Gasteiger partial charge in [0.2, 0.25) is 5.88 Å². The molecule has 0 aromatic carbocycles. The topological polar surface area (TPSA) is 71.5 Å². The maximum Gasteiger partial charge on any atom is 0.259 e. The Balaban J connectivity index is 1.66. The number of amides is 1. The Morgan fingerprint density at radius 3 is 2.57 bits per heavy atom. The molecule has 3 heterocycles. The maximum absolute atomic E-state index is 12.6. The van der Waals surface area contributed by atoms with Crippen molar-refractivity contribution in [3.8, 4) is 5.88 Å². The zero-order valence-electron chi connectivity index (χ0n) is 13.3. The molecule has 0 unspecified atom stereocenters. The standard InChI is InChI=1S/C16H19N5O2/c1-12-5-6-14(19-18-12)20-8-10-21(11-9-20)16(22)13-4-3-7-17-15(13)23-2/h3-7H,8-11H2,1-2H3. The first-order valence-corrected chi connectivity index (χ1v) is 7.52. The minimum atomic E-state index is -0.0513. The number of carbonyl (C=O) groups excluding carboxylic acids is 1. The molecule has 0 N–H and O–H groups in total. The van der Waals surface area contributed by atoms with E-state index in [-0.39, 0.29) is 5.91 Å². The fraction of sp³-hybridized carbons (Fsp3) is 0.375. The number of piperazine rings is 1. The van der Waals surface area contributed by atoms with Gasteiger partial charge >= 0.3 is 0 Å². The summed E-state index contributed by atoms with van der Waals surface area (Å²) in [6.45, 7) is 4.63.